The van der Waals surface area contributed by atoms with Crippen molar-refractivity contribution in [1.82, 2.24) is 0 Å². The van der Waals surface area contributed by atoms with E-state index in [9.17, 15) is 9.59 Å². The molecule has 0 aliphatic rings. The van der Waals surface area contributed by atoms with Crippen molar-refractivity contribution >= 4 is 32.6 Å². The van der Waals surface area contributed by atoms with E-state index in [1.807, 2.05) is 30.3 Å². The topological polar surface area (TPSA) is 52.6 Å². The molecule has 0 saturated carbocycles. The minimum absolute atomic E-state index is 0.235. The van der Waals surface area contributed by atoms with E-state index < -0.39 is 20.6 Å². The summed E-state index contributed by atoms with van der Waals surface area (Å²) in [6.07, 6.45) is 0. The summed E-state index contributed by atoms with van der Waals surface area (Å²) in [7, 11) is 0. The molecular formula is C14H19IO4. The van der Waals surface area contributed by atoms with Gasteiger partial charge in [-0.05, 0) is 0 Å². The number of carbonyl (C=O) groups is 2. The van der Waals surface area contributed by atoms with Crippen molar-refractivity contribution in [1.29, 1.82) is 0 Å². The van der Waals surface area contributed by atoms with Crippen LogP contribution in [-0.2, 0) is 15.7 Å². The molecule has 1 aromatic carbocycles. The van der Waals surface area contributed by atoms with Crippen LogP contribution < -0.4 is 0 Å². The predicted octanol–water partition coefficient (Wildman–Crippen LogP) is 3.59. The molecule has 0 spiro atoms. The molecule has 0 heterocycles. The molecule has 0 unspecified atom stereocenters. The van der Waals surface area contributed by atoms with Gasteiger partial charge in [0.05, 0.1) is 0 Å². The molecule has 0 N–H and O–H groups in total. The summed E-state index contributed by atoms with van der Waals surface area (Å²) in [5.41, 5.74) is 0. The molecule has 0 radical (unpaired) electrons. The maximum absolute atomic E-state index is 11.7. The molecule has 0 bridgehead atoms. The fourth-order valence-corrected chi connectivity index (χ4v) is 4.35. The molecule has 0 aliphatic heterocycles. The van der Waals surface area contributed by atoms with Gasteiger partial charge in [-0.15, -0.1) is 0 Å². The zero-order chi connectivity index (χ0) is 14.4. The van der Waals surface area contributed by atoms with Gasteiger partial charge in [0.25, 0.3) is 0 Å². The Bertz CT molecular complexity index is 406. The van der Waals surface area contributed by atoms with Crippen molar-refractivity contribution in [3.63, 3.8) is 0 Å². The first kappa shape index (κ1) is 15.9. The third-order valence-electron chi connectivity index (χ3n) is 2.15. The second-order valence-corrected chi connectivity index (χ2v) is 7.98. The fourth-order valence-electron chi connectivity index (χ4n) is 0.939. The Morgan fingerprint density at radius 1 is 0.895 bits per heavy atom. The molecule has 0 fully saturated rings. The SMILES string of the molecule is CC(C)C(=O)OI(OC(=O)C(C)C)c1ccccc1. The van der Waals surface area contributed by atoms with Gasteiger partial charge in [-0.2, -0.15) is 0 Å². The Balaban J connectivity index is 2.85. The van der Waals surface area contributed by atoms with E-state index in [2.05, 4.69) is 0 Å². The van der Waals surface area contributed by atoms with Crippen molar-refractivity contribution in [2.75, 3.05) is 0 Å². The summed E-state index contributed by atoms with van der Waals surface area (Å²) in [6, 6.07) is 9.20. The van der Waals surface area contributed by atoms with Crippen LogP contribution in [0.5, 0.6) is 0 Å². The van der Waals surface area contributed by atoms with Gasteiger partial charge in [-0.3, -0.25) is 0 Å². The number of hydrogen-bond acceptors (Lipinski definition) is 4. The van der Waals surface area contributed by atoms with Crippen molar-refractivity contribution < 1.29 is 15.7 Å². The first-order chi connectivity index (χ1) is 8.91. The zero-order valence-corrected chi connectivity index (χ0v) is 13.7. The van der Waals surface area contributed by atoms with Crippen molar-refractivity contribution in [3.05, 3.63) is 33.9 Å². The molecule has 19 heavy (non-hydrogen) atoms. The van der Waals surface area contributed by atoms with Gasteiger partial charge in [0.1, 0.15) is 0 Å². The van der Waals surface area contributed by atoms with Gasteiger partial charge in [-0.1, -0.05) is 0 Å². The fraction of sp³-hybridized carbons (Fsp3) is 0.429. The van der Waals surface area contributed by atoms with E-state index in [4.69, 9.17) is 6.13 Å². The Hall–Kier alpha value is -1.11. The number of halogens is 1. The average Bonchev–Trinajstić information content (AvgIpc) is 2.38. The Kier molecular flexibility index (Phi) is 6.27. The van der Waals surface area contributed by atoms with Gasteiger partial charge >= 0.3 is 122 Å². The van der Waals surface area contributed by atoms with Gasteiger partial charge < -0.3 is 0 Å². The molecular weight excluding hydrogens is 359 g/mol. The third-order valence-corrected chi connectivity index (χ3v) is 5.55. The average molecular weight is 378 g/mol. The summed E-state index contributed by atoms with van der Waals surface area (Å²) in [5, 5.41) is 0. The molecule has 0 atom stereocenters. The van der Waals surface area contributed by atoms with E-state index in [1.165, 1.54) is 0 Å². The summed E-state index contributed by atoms with van der Waals surface area (Å²) < 4.78 is 11.6. The van der Waals surface area contributed by atoms with Crippen LogP contribution in [-0.4, -0.2) is 11.9 Å². The summed E-state index contributed by atoms with van der Waals surface area (Å²) in [6.45, 7) is 7.02. The van der Waals surface area contributed by atoms with E-state index in [1.54, 1.807) is 27.7 Å². The Morgan fingerprint density at radius 2 is 1.32 bits per heavy atom. The first-order valence-electron chi connectivity index (χ1n) is 6.11. The number of rotatable bonds is 5. The van der Waals surface area contributed by atoms with Crippen LogP contribution in [0.1, 0.15) is 27.7 Å². The molecule has 0 aromatic heterocycles. The first-order valence-corrected chi connectivity index (χ1v) is 8.95. The van der Waals surface area contributed by atoms with E-state index >= 15 is 0 Å². The van der Waals surface area contributed by atoms with Gasteiger partial charge in [0, 0.05) is 0 Å². The molecule has 106 valence electrons. The Labute approximate surface area is 122 Å². The molecule has 1 rings (SSSR count). The van der Waals surface area contributed by atoms with Crippen molar-refractivity contribution in [2.45, 2.75) is 27.7 Å². The van der Waals surface area contributed by atoms with Crippen molar-refractivity contribution in [2.24, 2.45) is 11.8 Å². The molecule has 5 heteroatoms. The summed E-state index contributed by atoms with van der Waals surface area (Å²) >= 11 is -2.72. The third kappa shape index (κ3) is 5.18. The monoisotopic (exact) mass is 378 g/mol. The van der Waals surface area contributed by atoms with Crippen LogP contribution in [0.4, 0.5) is 0 Å². The maximum atomic E-state index is 11.7. The molecule has 0 aliphatic carbocycles. The van der Waals surface area contributed by atoms with Gasteiger partial charge in [0.15, 0.2) is 0 Å². The quantitative estimate of drug-likeness (QED) is 0.735. The minimum atomic E-state index is -2.72. The zero-order valence-electron chi connectivity index (χ0n) is 11.6. The summed E-state index contributed by atoms with van der Waals surface area (Å²) in [4.78, 5) is 23.4. The predicted molar refractivity (Wildman–Crippen MR) is 81.0 cm³/mol. The summed E-state index contributed by atoms with van der Waals surface area (Å²) in [5.74, 6) is -1.13. The van der Waals surface area contributed by atoms with E-state index in [0.717, 1.165) is 3.57 Å². The number of hydrogen-bond donors (Lipinski definition) is 0. The van der Waals surface area contributed by atoms with E-state index in [-0.39, 0.29) is 23.8 Å². The van der Waals surface area contributed by atoms with E-state index in [0.29, 0.717) is 0 Å². The van der Waals surface area contributed by atoms with Crippen LogP contribution >= 0.6 is 20.6 Å². The van der Waals surface area contributed by atoms with Crippen LogP contribution in [0.3, 0.4) is 0 Å². The molecule has 0 amide bonds. The van der Waals surface area contributed by atoms with Crippen LogP contribution in [0.25, 0.3) is 0 Å². The van der Waals surface area contributed by atoms with Crippen molar-refractivity contribution in [3.8, 4) is 0 Å². The Morgan fingerprint density at radius 3 is 1.68 bits per heavy atom. The van der Waals surface area contributed by atoms with Crippen LogP contribution in [0.2, 0.25) is 0 Å². The van der Waals surface area contributed by atoms with Gasteiger partial charge in [-0.25, -0.2) is 0 Å². The molecule has 4 nitrogen and oxygen atoms in total. The molecule has 0 saturated heterocycles. The standard InChI is InChI=1S/C14H19IO4/c1-10(2)13(16)18-15(19-14(17)11(3)4)12-8-6-5-7-9-12/h5-11H,1-4H3. The molecule has 1 aromatic rings. The number of carbonyl (C=O) groups excluding carboxylic acids is 2. The normalized spacial score (nSPS) is 11.4. The van der Waals surface area contributed by atoms with Crippen LogP contribution in [0, 0.1) is 15.4 Å². The number of benzene rings is 1. The van der Waals surface area contributed by atoms with Crippen LogP contribution in [0.15, 0.2) is 30.3 Å². The van der Waals surface area contributed by atoms with Gasteiger partial charge in [0.2, 0.25) is 0 Å². The second-order valence-electron chi connectivity index (χ2n) is 4.61. The second kappa shape index (κ2) is 7.47.